The molecule has 15 nitrogen and oxygen atoms in total. The van der Waals surface area contributed by atoms with Crippen molar-refractivity contribution < 1.29 is 0 Å². The molecule has 0 unspecified atom stereocenters. The predicted molar refractivity (Wildman–Crippen MR) is 545 cm³/mol. The first-order valence-corrected chi connectivity index (χ1v) is 44.4. The lowest BCUT2D eigenvalue weighted by Gasteiger charge is -2.15. The van der Waals surface area contributed by atoms with Gasteiger partial charge in [0.15, 0.2) is 22.6 Å². The largest absolute Gasteiger partial charge is 0.292 e. The van der Waals surface area contributed by atoms with Gasteiger partial charge in [-0.2, -0.15) is 0 Å². The Morgan fingerprint density at radius 2 is 0.402 bits per heavy atom. The van der Waals surface area contributed by atoms with Crippen LogP contribution in [0.15, 0.2) is 395 Å². The van der Waals surface area contributed by atoms with Crippen molar-refractivity contribution in [1.29, 1.82) is 0 Å². The molecular formula is C117H65N15. The first-order chi connectivity index (χ1) is 65.5. The van der Waals surface area contributed by atoms with Gasteiger partial charge in [-0.25, -0.2) is 54.8 Å². The number of aromatic nitrogens is 15. The molecule has 12 aromatic heterocycles. The fraction of sp³-hybridized carbons (Fsp3) is 0. The van der Waals surface area contributed by atoms with Crippen molar-refractivity contribution in [2.45, 2.75) is 0 Å². The molecule has 0 saturated carbocycles. The van der Waals surface area contributed by atoms with Gasteiger partial charge in [0.2, 0.25) is 0 Å². The summed E-state index contributed by atoms with van der Waals surface area (Å²) in [7, 11) is 0. The topological polar surface area (TPSA) is 159 Å². The van der Waals surface area contributed by atoms with Gasteiger partial charge in [0, 0.05) is 71.6 Å². The average molecular weight is 1680 g/mol. The number of hydrogen-bond acceptors (Lipinski definition) is 11. The van der Waals surface area contributed by atoms with Gasteiger partial charge in [0.1, 0.15) is 39.3 Å². The van der Waals surface area contributed by atoms with Crippen LogP contribution in [-0.4, -0.2) is 72.4 Å². The predicted octanol–water partition coefficient (Wildman–Crippen LogP) is 28.8. The number of imidazole rings is 4. The molecule has 0 spiro atoms. The van der Waals surface area contributed by atoms with Crippen LogP contribution in [0.2, 0.25) is 0 Å². The maximum Gasteiger partial charge on any atom is 0.199 e. The van der Waals surface area contributed by atoms with E-state index in [4.69, 9.17) is 44.9 Å². The zero-order chi connectivity index (χ0) is 86.1. The quantitative estimate of drug-likeness (QED) is 0.105. The van der Waals surface area contributed by atoms with Crippen LogP contribution < -0.4 is 0 Å². The first-order valence-electron chi connectivity index (χ1n) is 44.4. The molecular weight excluding hydrogens is 1620 g/mol. The Labute approximate surface area is 746 Å². The number of fused-ring (bicyclic) bond motifs is 56. The van der Waals surface area contributed by atoms with Crippen LogP contribution in [0.25, 0.3) is 284 Å². The van der Waals surface area contributed by atoms with Crippen LogP contribution >= 0.6 is 0 Å². The molecule has 20 aromatic carbocycles. The molecule has 0 aliphatic rings. The Balaban J connectivity index is 0.0000000862. The highest BCUT2D eigenvalue weighted by Crippen LogP contribution is 2.49. The number of benzene rings is 20. The second kappa shape index (κ2) is 27.6. The van der Waals surface area contributed by atoms with Crippen LogP contribution in [0.1, 0.15) is 0 Å². The van der Waals surface area contributed by atoms with Gasteiger partial charge in [0.25, 0.3) is 0 Å². The van der Waals surface area contributed by atoms with Gasteiger partial charge >= 0.3 is 0 Å². The summed E-state index contributed by atoms with van der Waals surface area (Å²) in [6.45, 7) is 0. The van der Waals surface area contributed by atoms with Crippen molar-refractivity contribution >= 4 is 284 Å². The Hall–Kier alpha value is -18.2. The normalized spacial score (nSPS) is 12.2. The second-order valence-corrected chi connectivity index (χ2v) is 34.2. The lowest BCUT2D eigenvalue weighted by Crippen LogP contribution is -2.00. The minimum Gasteiger partial charge on any atom is -0.292 e. The third-order valence-electron chi connectivity index (χ3n) is 27.2. The van der Waals surface area contributed by atoms with E-state index in [-0.39, 0.29) is 0 Å². The summed E-state index contributed by atoms with van der Waals surface area (Å²) >= 11 is 0. The van der Waals surface area contributed by atoms with E-state index >= 15 is 0 Å². The van der Waals surface area contributed by atoms with Gasteiger partial charge in [-0.05, 0) is 182 Å². The Bertz CT molecular complexity index is 9560. The first kappa shape index (κ1) is 72.0. The van der Waals surface area contributed by atoms with Crippen molar-refractivity contribution in [3.8, 4) is 0 Å². The lowest BCUT2D eigenvalue weighted by molar-refractivity contribution is 1.16. The highest BCUT2D eigenvalue weighted by atomic mass is 15.1. The van der Waals surface area contributed by atoms with E-state index in [1.807, 2.05) is 54.6 Å². The number of pyridine rings is 5. The summed E-state index contributed by atoms with van der Waals surface area (Å²) in [5.74, 6) is 0. The van der Waals surface area contributed by atoms with Crippen molar-refractivity contribution in [1.82, 2.24) is 72.4 Å². The molecule has 0 N–H and O–H groups in total. The molecule has 0 radical (unpaired) electrons. The molecule has 0 atom stereocenters. The van der Waals surface area contributed by atoms with E-state index in [9.17, 15) is 0 Å². The summed E-state index contributed by atoms with van der Waals surface area (Å²) in [6, 6.07) is 134. The summed E-state index contributed by atoms with van der Waals surface area (Å²) < 4.78 is 8.92. The Morgan fingerprint density at radius 3 is 0.826 bits per heavy atom. The molecule has 0 saturated heterocycles. The summed E-state index contributed by atoms with van der Waals surface area (Å²) in [6.07, 6.45) is 3.31. The zero-order valence-electron chi connectivity index (χ0n) is 70.2. The average Bonchev–Trinajstić information content (AvgIpc) is 1.40. The molecule has 0 amide bonds. The summed E-state index contributed by atoms with van der Waals surface area (Å²) in [4.78, 5) is 54.9. The molecule has 0 aliphatic carbocycles. The van der Waals surface area contributed by atoms with E-state index in [1.54, 1.807) is 12.4 Å². The third kappa shape index (κ3) is 10.3. The highest BCUT2D eigenvalue weighted by Gasteiger charge is 2.27. The molecule has 608 valence electrons. The van der Waals surface area contributed by atoms with E-state index in [2.05, 4.69) is 355 Å². The van der Waals surface area contributed by atoms with Gasteiger partial charge in [0.05, 0.1) is 66.2 Å². The second-order valence-electron chi connectivity index (χ2n) is 34.2. The smallest absolute Gasteiger partial charge is 0.199 e. The van der Waals surface area contributed by atoms with E-state index in [0.29, 0.717) is 11.3 Å². The molecule has 132 heavy (non-hydrogen) atoms. The van der Waals surface area contributed by atoms with Crippen molar-refractivity contribution in [2.75, 3.05) is 0 Å². The van der Waals surface area contributed by atoms with Crippen LogP contribution in [0.5, 0.6) is 0 Å². The van der Waals surface area contributed by atoms with Crippen LogP contribution in [-0.2, 0) is 0 Å². The molecule has 32 rings (SSSR count). The van der Waals surface area contributed by atoms with Crippen molar-refractivity contribution in [3.05, 3.63) is 395 Å². The summed E-state index contributed by atoms with van der Waals surface area (Å²) in [5, 5.41) is 34.9. The fourth-order valence-electron chi connectivity index (χ4n) is 21.7. The number of para-hydroxylation sites is 11. The SMILES string of the molecule is c1ccc2c(c1)nc1c3c4ccccc4c4ccccc4c3c3nc4nccnc4nc3n21.c1ccc2cc3c(cc2c1)c1c2ccccc2c2ccccc2c1c1nc2ccccc2n31.c1ccc2nc3c(cc2c1)c1c2ccccc2c2ccccc2c1c1nc2ccccc2n31.c1ccc2nc3c(nc2c1)c1c2ccccc2c2ccccc2c1c1nc2ccccc2n31. The highest BCUT2D eigenvalue weighted by molar-refractivity contribution is 6.39. The minimum atomic E-state index is 0.522. The fourth-order valence-corrected chi connectivity index (χ4v) is 21.7. The number of nitrogens with zero attached hydrogens (tertiary/aromatic N) is 15. The zero-order valence-corrected chi connectivity index (χ0v) is 70.2. The molecule has 0 fully saturated rings. The van der Waals surface area contributed by atoms with Gasteiger partial charge in [-0.15, -0.1) is 0 Å². The molecule has 15 heteroatoms. The van der Waals surface area contributed by atoms with Gasteiger partial charge in [-0.1, -0.05) is 297 Å². The molecule has 32 aromatic rings. The third-order valence-corrected chi connectivity index (χ3v) is 27.2. The van der Waals surface area contributed by atoms with Crippen molar-refractivity contribution in [2.24, 2.45) is 0 Å². The summed E-state index contributed by atoms with van der Waals surface area (Å²) in [5.41, 5.74) is 21.2. The maximum atomic E-state index is 5.19. The molecule has 0 bridgehead atoms. The van der Waals surface area contributed by atoms with E-state index in [1.165, 1.54) is 119 Å². The minimum absolute atomic E-state index is 0.522. The Kier molecular flexibility index (Phi) is 15.1. The molecule has 0 aliphatic heterocycles. The van der Waals surface area contributed by atoms with Crippen LogP contribution in [0.4, 0.5) is 0 Å². The number of hydrogen-bond donors (Lipinski definition) is 0. The monoisotopic (exact) mass is 1680 g/mol. The van der Waals surface area contributed by atoms with Gasteiger partial charge < -0.3 is 0 Å². The lowest BCUT2D eigenvalue weighted by atomic mass is 9.92. The van der Waals surface area contributed by atoms with Gasteiger partial charge in [-0.3, -0.25) is 17.6 Å². The maximum absolute atomic E-state index is 5.19. The standard InChI is InChI=1S/C31H18N2.C30H17N3.C29H16N4.C27H14N6/c1-2-10-20-18-28-25(17-19(20)9-1)29-23-13-5-3-11-21(23)22-12-4-6-14-24(22)30(29)31-32-26-15-7-8-16-27(26)33(28)31;1-6-14-24-18(9-1)17-23-27-21-12-4-2-10-19(21)20-11-3-5-13-22(20)28(27)30-32-25-15-7-8-16-26(25)33(30)29(23)31-24;1-3-11-19-17(9-1)18-10-2-4-12-20(18)26-25(19)27-29(31-22-14-6-5-13-21(22)30-27)33-24-16-8-7-15-23(24)32-28(26)33;1-3-9-17-15(7-1)16-8-2-4-10-18(16)22-21(17)23-27(32-25-24(31-23)28-13-14-29-25)33-20-12-6-5-11-19(20)30-26(22)33/h1-18H;1-17H;1-16H;1-14H. The number of rotatable bonds is 0. The van der Waals surface area contributed by atoms with E-state index < -0.39 is 0 Å². The van der Waals surface area contributed by atoms with Crippen LogP contribution in [0.3, 0.4) is 0 Å². The van der Waals surface area contributed by atoms with E-state index in [0.717, 1.165) is 154 Å². The Morgan fingerprint density at radius 1 is 0.144 bits per heavy atom. The van der Waals surface area contributed by atoms with Crippen LogP contribution in [0, 0.1) is 0 Å². The molecule has 12 heterocycles. The van der Waals surface area contributed by atoms with Crippen molar-refractivity contribution in [3.63, 3.8) is 0 Å².